The Balaban J connectivity index is 1.11. The average molecular weight is 885 g/mol. The summed E-state index contributed by atoms with van der Waals surface area (Å²) < 4.78 is 5.05. The molecule has 5 heteroatoms. The van der Waals surface area contributed by atoms with E-state index in [-0.39, 0.29) is 0 Å². The lowest BCUT2D eigenvalue weighted by molar-refractivity contribution is 1.07. The van der Waals surface area contributed by atoms with E-state index in [4.69, 9.17) is 15.0 Å². The molecule has 0 saturated heterocycles. The highest BCUT2D eigenvalue weighted by Crippen LogP contribution is 2.46. The average Bonchev–Trinajstić information content (AvgIpc) is 3.95. The van der Waals surface area contributed by atoms with Crippen LogP contribution in [-0.4, -0.2) is 19.5 Å². The van der Waals surface area contributed by atoms with Gasteiger partial charge in [-0.05, 0) is 88.0 Å². The molecule has 4 nitrogen and oxygen atoms in total. The van der Waals surface area contributed by atoms with Crippen molar-refractivity contribution >= 4 is 53.3 Å². The normalized spacial score (nSPS) is 11.5. The molecule has 13 aromatic rings. The topological polar surface area (TPSA) is 43.6 Å². The minimum absolute atomic E-state index is 0.593. The predicted molar refractivity (Wildman–Crippen MR) is 285 cm³/mol. The SMILES string of the molecule is c1ccc(-c2cc(-c3ccccc3)cc(-c3nc(-c4ccccc4)nc(-c4cc(-c5ccccc5)c(-n5c6ccccc6c6cc7c(cc65)sc5ccccc57)c(-c5ccccc5)c4)n3)c2)cc1. The lowest BCUT2D eigenvalue weighted by Gasteiger charge is -2.21. The molecule has 10 aromatic carbocycles. The van der Waals surface area contributed by atoms with Gasteiger partial charge in [0.05, 0.1) is 16.7 Å². The highest BCUT2D eigenvalue weighted by molar-refractivity contribution is 7.25. The summed E-state index contributed by atoms with van der Waals surface area (Å²) in [7, 11) is 0. The molecule has 0 N–H and O–H groups in total. The molecule has 0 saturated carbocycles. The van der Waals surface area contributed by atoms with Crippen LogP contribution in [-0.2, 0) is 0 Å². The van der Waals surface area contributed by atoms with E-state index < -0.39 is 0 Å². The summed E-state index contributed by atoms with van der Waals surface area (Å²) in [5.74, 6) is 1.80. The fourth-order valence-corrected chi connectivity index (χ4v) is 10.9. The number of nitrogens with zero attached hydrogens (tertiary/aromatic N) is 4. The Hall–Kier alpha value is -8.77. The molecule has 13 rings (SSSR count). The van der Waals surface area contributed by atoms with Crippen molar-refractivity contribution in [2.24, 2.45) is 0 Å². The first-order chi connectivity index (χ1) is 33.7. The predicted octanol–water partition coefficient (Wildman–Crippen LogP) is 17.0. The Bertz CT molecular complexity index is 3880. The molecule has 0 bridgehead atoms. The van der Waals surface area contributed by atoms with E-state index in [1.807, 2.05) is 29.5 Å². The number of rotatable bonds is 8. The van der Waals surface area contributed by atoms with Gasteiger partial charge in [0.1, 0.15) is 0 Å². The van der Waals surface area contributed by atoms with Gasteiger partial charge in [-0.15, -0.1) is 11.3 Å². The Kier molecular flexibility index (Phi) is 9.66. The van der Waals surface area contributed by atoms with Gasteiger partial charge in [-0.2, -0.15) is 0 Å². The van der Waals surface area contributed by atoms with Gasteiger partial charge in [0.25, 0.3) is 0 Å². The lowest BCUT2D eigenvalue weighted by atomic mass is 9.92. The van der Waals surface area contributed by atoms with Gasteiger partial charge in [-0.25, -0.2) is 15.0 Å². The third kappa shape index (κ3) is 6.96. The van der Waals surface area contributed by atoms with Crippen molar-refractivity contribution in [3.63, 3.8) is 0 Å². The van der Waals surface area contributed by atoms with Crippen LogP contribution < -0.4 is 0 Å². The number of hydrogen-bond acceptors (Lipinski definition) is 4. The smallest absolute Gasteiger partial charge is 0.164 e. The Morgan fingerprint density at radius 1 is 0.265 bits per heavy atom. The Morgan fingerprint density at radius 3 is 1.25 bits per heavy atom. The number of thiophene rings is 1. The summed E-state index contributed by atoms with van der Waals surface area (Å²) in [4.78, 5) is 16.1. The molecule has 0 aliphatic rings. The van der Waals surface area contributed by atoms with Gasteiger partial charge >= 0.3 is 0 Å². The number of fused-ring (bicyclic) bond motifs is 6. The van der Waals surface area contributed by atoms with Crippen LogP contribution >= 0.6 is 11.3 Å². The Labute approximate surface area is 397 Å². The minimum Gasteiger partial charge on any atom is -0.308 e. The zero-order valence-electron chi connectivity index (χ0n) is 36.8. The van der Waals surface area contributed by atoms with Crippen LogP contribution in [0.2, 0.25) is 0 Å². The number of para-hydroxylation sites is 1. The van der Waals surface area contributed by atoms with Crippen molar-refractivity contribution in [1.82, 2.24) is 19.5 Å². The maximum Gasteiger partial charge on any atom is 0.164 e. The van der Waals surface area contributed by atoms with Crippen LogP contribution in [0.15, 0.2) is 243 Å². The van der Waals surface area contributed by atoms with Crippen molar-refractivity contribution in [2.45, 2.75) is 0 Å². The van der Waals surface area contributed by atoms with Gasteiger partial charge in [-0.3, -0.25) is 0 Å². The second kappa shape index (κ2) is 16.6. The zero-order valence-corrected chi connectivity index (χ0v) is 37.6. The van der Waals surface area contributed by atoms with Crippen LogP contribution in [0.3, 0.4) is 0 Å². The summed E-state index contributed by atoms with van der Waals surface area (Å²) in [6, 6.07) is 86.5. The standard InChI is InChI=1S/C63H40N4S/c1-6-20-41(21-7-1)46-34-47(42-22-8-2-9-23-42)36-48(35-46)62-64-61(45-28-14-5-15-29-45)65-63(66-62)49-37-52(43-24-10-3-11-25-43)60(53(38-49)44-26-12-4-13-27-44)67-56-32-18-16-30-50(56)54-39-55-51-31-17-19-33-58(51)68-59(55)40-57(54)67/h1-40H. The van der Waals surface area contributed by atoms with Crippen LogP contribution in [0.25, 0.3) is 126 Å². The van der Waals surface area contributed by atoms with Gasteiger partial charge in [-0.1, -0.05) is 188 Å². The van der Waals surface area contributed by atoms with Crippen molar-refractivity contribution in [3.8, 4) is 84.4 Å². The number of benzene rings is 10. The second-order valence-electron chi connectivity index (χ2n) is 17.2. The maximum absolute atomic E-state index is 5.46. The fraction of sp³-hybridized carbons (Fsp3) is 0. The largest absolute Gasteiger partial charge is 0.308 e. The molecule has 0 aliphatic carbocycles. The van der Waals surface area contributed by atoms with E-state index >= 15 is 0 Å². The molecule has 3 aromatic heterocycles. The van der Waals surface area contributed by atoms with Crippen molar-refractivity contribution in [1.29, 1.82) is 0 Å². The highest BCUT2D eigenvalue weighted by Gasteiger charge is 2.24. The van der Waals surface area contributed by atoms with E-state index in [2.05, 4.69) is 229 Å². The van der Waals surface area contributed by atoms with Gasteiger partial charge in [0, 0.05) is 58.8 Å². The molecular weight excluding hydrogens is 845 g/mol. The summed E-state index contributed by atoms with van der Waals surface area (Å²) in [6.07, 6.45) is 0. The van der Waals surface area contributed by atoms with E-state index in [9.17, 15) is 0 Å². The third-order valence-corrected chi connectivity index (χ3v) is 14.1. The number of aromatic nitrogens is 4. The highest BCUT2D eigenvalue weighted by atomic mass is 32.1. The molecule has 0 atom stereocenters. The fourth-order valence-electron chi connectivity index (χ4n) is 9.81. The van der Waals surface area contributed by atoms with Crippen LogP contribution in [0.1, 0.15) is 0 Å². The van der Waals surface area contributed by atoms with Crippen molar-refractivity contribution in [2.75, 3.05) is 0 Å². The summed E-state index contributed by atoms with van der Waals surface area (Å²) in [6.45, 7) is 0. The van der Waals surface area contributed by atoms with Gasteiger partial charge < -0.3 is 4.57 Å². The van der Waals surface area contributed by atoms with E-state index in [0.29, 0.717) is 17.5 Å². The van der Waals surface area contributed by atoms with E-state index in [1.54, 1.807) is 0 Å². The monoisotopic (exact) mass is 884 g/mol. The number of hydrogen-bond donors (Lipinski definition) is 0. The van der Waals surface area contributed by atoms with Crippen LogP contribution in [0, 0.1) is 0 Å². The van der Waals surface area contributed by atoms with Crippen molar-refractivity contribution in [3.05, 3.63) is 243 Å². The molecule has 0 aliphatic heterocycles. The second-order valence-corrected chi connectivity index (χ2v) is 18.3. The van der Waals surface area contributed by atoms with Gasteiger partial charge in [0.15, 0.2) is 17.5 Å². The molecule has 318 valence electrons. The van der Waals surface area contributed by atoms with Gasteiger partial charge in [0.2, 0.25) is 0 Å². The molecule has 0 spiro atoms. The summed E-state index contributed by atoms with van der Waals surface area (Å²) >= 11 is 1.85. The molecule has 0 unspecified atom stereocenters. The molecule has 68 heavy (non-hydrogen) atoms. The third-order valence-electron chi connectivity index (χ3n) is 13.0. The molecule has 0 amide bonds. The molecule has 0 radical (unpaired) electrons. The van der Waals surface area contributed by atoms with Crippen LogP contribution in [0.4, 0.5) is 0 Å². The first-order valence-corrected chi connectivity index (χ1v) is 23.7. The minimum atomic E-state index is 0.593. The van der Waals surface area contributed by atoms with Crippen LogP contribution in [0.5, 0.6) is 0 Å². The van der Waals surface area contributed by atoms with E-state index in [0.717, 1.165) is 77.9 Å². The summed E-state index contributed by atoms with van der Waals surface area (Å²) in [5.41, 5.74) is 14.9. The molecule has 3 heterocycles. The first kappa shape index (κ1) is 39.6. The Morgan fingerprint density at radius 2 is 0.691 bits per heavy atom. The molecular formula is C63H40N4S. The quantitative estimate of drug-likeness (QED) is 0.153. The maximum atomic E-state index is 5.46. The zero-order chi connectivity index (χ0) is 45.0. The molecule has 0 fully saturated rings. The first-order valence-electron chi connectivity index (χ1n) is 22.9. The summed E-state index contributed by atoms with van der Waals surface area (Å²) in [5, 5.41) is 5.01. The lowest BCUT2D eigenvalue weighted by Crippen LogP contribution is -2.04. The van der Waals surface area contributed by atoms with E-state index in [1.165, 1.54) is 30.9 Å². The van der Waals surface area contributed by atoms with Crippen molar-refractivity contribution < 1.29 is 0 Å².